The van der Waals surface area contributed by atoms with Crippen LogP contribution in [0.4, 0.5) is 5.13 Å². The molecule has 1 aromatic carbocycles. The Morgan fingerprint density at radius 3 is 2.55 bits per heavy atom. The molecule has 2 aromatic rings. The molecule has 0 bridgehead atoms. The zero-order chi connectivity index (χ0) is 20.5. The third kappa shape index (κ3) is 4.17. The van der Waals surface area contributed by atoms with Crippen molar-refractivity contribution >= 4 is 57.4 Å². The number of imide groups is 1. The molecule has 6 nitrogen and oxygen atoms in total. The summed E-state index contributed by atoms with van der Waals surface area (Å²) < 4.78 is 0. The van der Waals surface area contributed by atoms with Gasteiger partial charge < -0.3 is 5.32 Å². The quantitative estimate of drug-likeness (QED) is 0.692. The number of hydrogen-bond acceptors (Lipinski definition) is 5. The maximum absolute atomic E-state index is 12.5. The molecule has 1 aromatic heterocycles. The molecule has 1 aliphatic carbocycles. The van der Waals surface area contributed by atoms with Gasteiger partial charge in [-0.05, 0) is 24.5 Å². The number of hydrogen-bond donors (Lipinski definition) is 1. The summed E-state index contributed by atoms with van der Waals surface area (Å²) in [6, 6.07) is 5.44. The standard InChI is InChI=1S/C20H19Cl2N3O3S/c21-15-7-3-4-11(17(15)22)8-12-9-23-20(29-12)24-16(26)10-25-18(27)13-5-1-2-6-14(13)19(25)28/h3-4,7,9,13-14H,1-2,5-6,8,10H2,(H,23,24,26). The van der Waals surface area contributed by atoms with Gasteiger partial charge in [-0.25, -0.2) is 4.98 Å². The Bertz CT molecular complexity index is 954. The fraction of sp³-hybridized carbons (Fsp3) is 0.400. The molecule has 1 saturated carbocycles. The fourth-order valence-electron chi connectivity index (χ4n) is 4.01. The van der Waals surface area contributed by atoms with Crippen LogP contribution in [0, 0.1) is 11.8 Å². The minimum Gasteiger partial charge on any atom is -0.300 e. The zero-order valence-electron chi connectivity index (χ0n) is 15.5. The van der Waals surface area contributed by atoms with E-state index in [-0.39, 0.29) is 30.2 Å². The molecule has 0 radical (unpaired) electrons. The number of aromatic nitrogens is 1. The number of carbonyl (C=O) groups excluding carboxylic acids is 3. The van der Waals surface area contributed by atoms with E-state index in [4.69, 9.17) is 23.2 Å². The van der Waals surface area contributed by atoms with E-state index in [2.05, 4.69) is 10.3 Å². The number of halogens is 2. The molecule has 2 heterocycles. The number of anilines is 1. The first-order chi connectivity index (χ1) is 13.9. The highest BCUT2D eigenvalue weighted by atomic mass is 35.5. The topological polar surface area (TPSA) is 79.4 Å². The van der Waals surface area contributed by atoms with Crippen molar-refractivity contribution < 1.29 is 14.4 Å². The van der Waals surface area contributed by atoms with Gasteiger partial charge >= 0.3 is 0 Å². The first-order valence-electron chi connectivity index (χ1n) is 9.46. The highest BCUT2D eigenvalue weighted by Crippen LogP contribution is 2.38. The average molecular weight is 452 g/mol. The monoisotopic (exact) mass is 451 g/mol. The lowest BCUT2D eigenvalue weighted by Gasteiger charge is -2.19. The molecule has 2 fully saturated rings. The molecule has 9 heteroatoms. The Morgan fingerprint density at radius 1 is 1.17 bits per heavy atom. The molecule has 152 valence electrons. The third-order valence-electron chi connectivity index (χ3n) is 5.43. The molecule has 3 amide bonds. The number of nitrogens with zero attached hydrogens (tertiary/aromatic N) is 2. The maximum atomic E-state index is 12.5. The van der Waals surface area contributed by atoms with Crippen LogP contribution >= 0.6 is 34.5 Å². The van der Waals surface area contributed by atoms with Gasteiger partial charge in [-0.1, -0.05) is 48.2 Å². The molecule has 1 saturated heterocycles. The Balaban J connectivity index is 1.38. The van der Waals surface area contributed by atoms with Crippen molar-refractivity contribution in [1.29, 1.82) is 0 Å². The number of likely N-dealkylation sites (tertiary alicyclic amines) is 1. The molecule has 1 aliphatic heterocycles. The van der Waals surface area contributed by atoms with Crippen LogP contribution in [-0.4, -0.2) is 34.2 Å². The van der Waals surface area contributed by atoms with Crippen molar-refractivity contribution in [3.63, 3.8) is 0 Å². The van der Waals surface area contributed by atoms with E-state index in [1.165, 1.54) is 11.3 Å². The second-order valence-corrected chi connectivity index (χ2v) is 9.23. The van der Waals surface area contributed by atoms with Gasteiger partial charge in [0, 0.05) is 17.5 Å². The predicted molar refractivity (Wildman–Crippen MR) is 112 cm³/mol. The Kier molecular flexibility index (Phi) is 5.90. The van der Waals surface area contributed by atoms with E-state index in [0.717, 1.165) is 41.0 Å². The molecule has 2 atom stereocenters. The summed E-state index contributed by atoms with van der Waals surface area (Å²) in [4.78, 5) is 43.6. The largest absolute Gasteiger partial charge is 0.300 e. The second-order valence-electron chi connectivity index (χ2n) is 7.33. The number of thiazole rings is 1. The van der Waals surface area contributed by atoms with Crippen LogP contribution in [0.15, 0.2) is 24.4 Å². The number of benzene rings is 1. The van der Waals surface area contributed by atoms with Crippen molar-refractivity contribution in [2.24, 2.45) is 11.8 Å². The van der Waals surface area contributed by atoms with E-state index in [9.17, 15) is 14.4 Å². The van der Waals surface area contributed by atoms with Crippen LogP contribution in [0.1, 0.15) is 36.1 Å². The first-order valence-corrected chi connectivity index (χ1v) is 11.0. The van der Waals surface area contributed by atoms with E-state index in [1.54, 1.807) is 12.3 Å². The van der Waals surface area contributed by atoms with Crippen LogP contribution in [0.25, 0.3) is 0 Å². The number of amides is 3. The fourth-order valence-corrected chi connectivity index (χ4v) is 5.25. The molecule has 1 N–H and O–H groups in total. The van der Waals surface area contributed by atoms with Crippen molar-refractivity contribution in [3.05, 3.63) is 44.9 Å². The van der Waals surface area contributed by atoms with Gasteiger partial charge in [-0.15, -0.1) is 11.3 Å². The Hall–Kier alpha value is -1.96. The minimum absolute atomic E-state index is 0.217. The van der Waals surface area contributed by atoms with Crippen molar-refractivity contribution in [2.75, 3.05) is 11.9 Å². The molecule has 29 heavy (non-hydrogen) atoms. The summed E-state index contributed by atoms with van der Waals surface area (Å²) in [7, 11) is 0. The average Bonchev–Trinajstić information content (AvgIpc) is 3.24. The van der Waals surface area contributed by atoms with Crippen LogP contribution in [-0.2, 0) is 20.8 Å². The van der Waals surface area contributed by atoms with Crippen LogP contribution in [0.3, 0.4) is 0 Å². The van der Waals surface area contributed by atoms with E-state index >= 15 is 0 Å². The summed E-state index contributed by atoms with van der Waals surface area (Å²) >= 11 is 13.6. The van der Waals surface area contributed by atoms with Gasteiger partial charge in [0.15, 0.2) is 5.13 Å². The highest BCUT2D eigenvalue weighted by Gasteiger charge is 2.48. The lowest BCUT2D eigenvalue weighted by atomic mass is 9.81. The molecule has 0 spiro atoms. The van der Waals surface area contributed by atoms with Gasteiger partial charge in [0.1, 0.15) is 6.54 Å². The number of rotatable bonds is 5. The Morgan fingerprint density at radius 2 is 1.86 bits per heavy atom. The summed E-state index contributed by atoms with van der Waals surface area (Å²) in [5, 5.41) is 4.09. The molecular weight excluding hydrogens is 433 g/mol. The smallest absolute Gasteiger partial charge is 0.246 e. The summed E-state index contributed by atoms with van der Waals surface area (Å²) in [6.45, 7) is -0.264. The van der Waals surface area contributed by atoms with E-state index in [1.807, 2.05) is 12.1 Å². The summed E-state index contributed by atoms with van der Waals surface area (Å²) in [5.41, 5.74) is 0.872. The number of nitrogens with one attached hydrogen (secondary N) is 1. The van der Waals surface area contributed by atoms with Crippen LogP contribution in [0.2, 0.25) is 10.0 Å². The zero-order valence-corrected chi connectivity index (χ0v) is 17.8. The van der Waals surface area contributed by atoms with Crippen LogP contribution < -0.4 is 5.32 Å². The molecular formula is C20H19Cl2N3O3S. The van der Waals surface area contributed by atoms with Gasteiger partial charge in [-0.2, -0.15) is 0 Å². The lowest BCUT2D eigenvalue weighted by molar-refractivity contribution is -0.142. The predicted octanol–water partition coefficient (Wildman–Crippen LogP) is 4.15. The highest BCUT2D eigenvalue weighted by molar-refractivity contribution is 7.15. The van der Waals surface area contributed by atoms with E-state index < -0.39 is 5.91 Å². The Labute approximate surface area is 182 Å². The third-order valence-corrected chi connectivity index (χ3v) is 7.20. The van der Waals surface area contributed by atoms with Gasteiger partial charge in [0.25, 0.3) is 0 Å². The maximum Gasteiger partial charge on any atom is 0.246 e. The summed E-state index contributed by atoms with van der Waals surface area (Å²) in [5.74, 6) is -1.36. The van der Waals surface area contributed by atoms with Crippen molar-refractivity contribution in [2.45, 2.75) is 32.1 Å². The van der Waals surface area contributed by atoms with Crippen molar-refractivity contribution in [1.82, 2.24) is 9.88 Å². The molecule has 4 rings (SSSR count). The van der Waals surface area contributed by atoms with Gasteiger partial charge in [0.2, 0.25) is 17.7 Å². The van der Waals surface area contributed by atoms with Gasteiger partial charge in [-0.3, -0.25) is 19.3 Å². The number of fused-ring (bicyclic) bond motifs is 1. The van der Waals surface area contributed by atoms with Crippen molar-refractivity contribution in [3.8, 4) is 0 Å². The minimum atomic E-state index is -0.424. The first kappa shape index (κ1) is 20.3. The van der Waals surface area contributed by atoms with Gasteiger partial charge in [0.05, 0.1) is 21.9 Å². The van der Waals surface area contributed by atoms with E-state index in [0.29, 0.717) is 21.6 Å². The lowest BCUT2D eigenvalue weighted by Crippen LogP contribution is -2.38. The second kappa shape index (κ2) is 8.42. The molecule has 2 aliphatic rings. The molecule has 2 unspecified atom stereocenters. The van der Waals surface area contributed by atoms with Crippen LogP contribution in [0.5, 0.6) is 0 Å². The normalized spacial score (nSPS) is 21.4. The number of carbonyl (C=O) groups is 3. The summed E-state index contributed by atoms with van der Waals surface area (Å²) in [6.07, 6.45) is 5.58. The SMILES string of the molecule is O=C(CN1C(=O)C2CCCCC2C1=O)Nc1ncc(Cc2cccc(Cl)c2Cl)s1.